The van der Waals surface area contributed by atoms with Crippen molar-refractivity contribution >= 4 is 56.8 Å². The third kappa shape index (κ3) is 3.55. The standard InChI is InChI=1S/C30H23BrN2O5/c1-16(34)17-7-11-20(12-8-17)32-29(36)25-23-13-9-18-5-3-4-6-22(18)33(23)27(26(25)30(32)37)28(35)19-10-14-24(38-2)21(31)15-19/h3-15,23,25-27H,1-2H3. The minimum atomic E-state index is -0.880. The van der Waals surface area contributed by atoms with E-state index in [2.05, 4.69) is 15.9 Å². The number of ether oxygens (including phenoxy) is 1. The number of fused-ring (bicyclic) bond motifs is 5. The van der Waals surface area contributed by atoms with E-state index in [1.807, 2.05) is 41.3 Å². The number of Topliss-reactive ketones (excluding diaryl/α,β-unsaturated/α-hetero) is 2. The second kappa shape index (κ2) is 9.06. The highest BCUT2D eigenvalue weighted by Gasteiger charge is 2.64. The number of imide groups is 1. The molecule has 2 amide bonds. The number of methoxy groups -OCH3 is 1. The zero-order valence-corrected chi connectivity index (χ0v) is 22.2. The van der Waals surface area contributed by atoms with Crippen LogP contribution in [0.25, 0.3) is 6.08 Å². The molecule has 7 nitrogen and oxygen atoms in total. The summed E-state index contributed by atoms with van der Waals surface area (Å²) in [4.78, 5) is 56.9. The van der Waals surface area contributed by atoms with E-state index < -0.39 is 29.8 Å². The Morgan fingerprint density at radius 3 is 2.26 bits per heavy atom. The number of para-hydroxylation sites is 1. The Hall–Kier alpha value is -4.04. The van der Waals surface area contributed by atoms with Gasteiger partial charge in [-0.25, -0.2) is 4.90 Å². The number of amides is 2. The van der Waals surface area contributed by atoms with E-state index in [1.54, 1.807) is 49.6 Å². The molecule has 3 heterocycles. The minimum Gasteiger partial charge on any atom is -0.496 e. The van der Waals surface area contributed by atoms with Crippen molar-refractivity contribution in [1.29, 1.82) is 0 Å². The van der Waals surface area contributed by atoms with Crippen molar-refractivity contribution in [3.8, 4) is 5.75 Å². The Kier molecular flexibility index (Phi) is 5.79. The smallest absolute Gasteiger partial charge is 0.240 e. The van der Waals surface area contributed by atoms with Crippen LogP contribution in [0.5, 0.6) is 5.75 Å². The lowest BCUT2D eigenvalue weighted by molar-refractivity contribution is -0.122. The third-order valence-electron chi connectivity index (χ3n) is 7.65. The van der Waals surface area contributed by atoms with Crippen molar-refractivity contribution in [3.63, 3.8) is 0 Å². The Morgan fingerprint density at radius 2 is 1.58 bits per heavy atom. The fraction of sp³-hybridized carbons (Fsp3) is 0.200. The summed E-state index contributed by atoms with van der Waals surface area (Å²) < 4.78 is 5.94. The molecule has 0 aromatic heterocycles. The van der Waals surface area contributed by atoms with Crippen molar-refractivity contribution in [3.05, 3.63) is 94.0 Å². The maximum Gasteiger partial charge on any atom is 0.240 e. The second-order valence-electron chi connectivity index (χ2n) is 9.64. The molecule has 38 heavy (non-hydrogen) atoms. The second-order valence-corrected chi connectivity index (χ2v) is 10.5. The molecule has 6 rings (SSSR count). The number of hydrogen-bond acceptors (Lipinski definition) is 6. The maximum atomic E-state index is 14.2. The Morgan fingerprint density at radius 1 is 0.895 bits per heavy atom. The lowest BCUT2D eigenvalue weighted by atomic mass is 9.86. The van der Waals surface area contributed by atoms with Gasteiger partial charge in [0.15, 0.2) is 11.6 Å². The van der Waals surface area contributed by atoms with Gasteiger partial charge in [-0.3, -0.25) is 19.2 Å². The van der Waals surface area contributed by atoms with Gasteiger partial charge in [-0.1, -0.05) is 30.4 Å². The molecular weight excluding hydrogens is 548 g/mol. The van der Waals surface area contributed by atoms with Gasteiger partial charge < -0.3 is 9.64 Å². The van der Waals surface area contributed by atoms with Gasteiger partial charge in [-0.2, -0.15) is 0 Å². The quantitative estimate of drug-likeness (QED) is 0.319. The molecule has 4 unspecified atom stereocenters. The average Bonchev–Trinajstić information content (AvgIpc) is 3.40. The van der Waals surface area contributed by atoms with Gasteiger partial charge in [0, 0.05) is 16.8 Å². The Labute approximate surface area is 227 Å². The number of anilines is 2. The van der Waals surface area contributed by atoms with Crippen LogP contribution < -0.4 is 14.5 Å². The molecule has 2 saturated heterocycles. The van der Waals surface area contributed by atoms with Crippen LogP contribution in [0.2, 0.25) is 0 Å². The fourth-order valence-corrected chi connectivity index (χ4v) is 6.44. The summed E-state index contributed by atoms with van der Waals surface area (Å²) >= 11 is 3.46. The Balaban J connectivity index is 1.46. The van der Waals surface area contributed by atoms with Crippen LogP contribution in [-0.4, -0.2) is 42.6 Å². The Bertz CT molecular complexity index is 1550. The first-order chi connectivity index (χ1) is 18.3. The molecule has 2 fully saturated rings. The predicted octanol–water partition coefficient (Wildman–Crippen LogP) is 4.93. The van der Waals surface area contributed by atoms with Gasteiger partial charge in [-0.15, -0.1) is 0 Å². The normalized spacial score (nSPS) is 23.2. The number of carbonyl (C=O) groups is 4. The fourth-order valence-electron chi connectivity index (χ4n) is 5.90. The van der Waals surface area contributed by atoms with Crippen LogP contribution in [0.4, 0.5) is 11.4 Å². The van der Waals surface area contributed by atoms with Gasteiger partial charge in [-0.05, 0) is 76.9 Å². The van der Waals surface area contributed by atoms with Crippen molar-refractivity contribution in [2.24, 2.45) is 11.8 Å². The van der Waals surface area contributed by atoms with Crippen molar-refractivity contribution in [2.75, 3.05) is 16.9 Å². The lowest BCUT2D eigenvalue weighted by Gasteiger charge is -2.36. The van der Waals surface area contributed by atoms with Crippen LogP contribution in [0.1, 0.15) is 33.2 Å². The summed E-state index contributed by atoms with van der Waals surface area (Å²) in [5, 5.41) is 0. The molecule has 190 valence electrons. The lowest BCUT2D eigenvalue weighted by Crippen LogP contribution is -2.48. The van der Waals surface area contributed by atoms with Crippen LogP contribution in [0.15, 0.2) is 77.3 Å². The molecule has 0 spiro atoms. The van der Waals surface area contributed by atoms with E-state index >= 15 is 0 Å². The van der Waals surface area contributed by atoms with Gasteiger partial charge in [0.1, 0.15) is 11.8 Å². The molecule has 3 aliphatic rings. The van der Waals surface area contributed by atoms with E-state index in [0.717, 1.165) is 11.3 Å². The molecule has 0 aliphatic carbocycles. The van der Waals surface area contributed by atoms with Crippen molar-refractivity contribution < 1.29 is 23.9 Å². The highest BCUT2D eigenvalue weighted by Crippen LogP contribution is 2.50. The maximum absolute atomic E-state index is 14.2. The number of ketones is 2. The van der Waals surface area contributed by atoms with Crippen molar-refractivity contribution in [1.82, 2.24) is 0 Å². The molecule has 3 aromatic carbocycles. The summed E-state index contributed by atoms with van der Waals surface area (Å²) in [6, 6.07) is 17.8. The van der Waals surface area contributed by atoms with E-state index in [0.29, 0.717) is 27.0 Å². The summed E-state index contributed by atoms with van der Waals surface area (Å²) in [5.41, 5.74) is 3.04. The van der Waals surface area contributed by atoms with Gasteiger partial charge >= 0.3 is 0 Å². The third-order valence-corrected chi connectivity index (χ3v) is 8.27. The zero-order chi connectivity index (χ0) is 26.7. The predicted molar refractivity (Wildman–Crippen MR) is 146 cm³/mol. The van der Waals surface area contributed by atoms with Crippen LogP contribution in [0, 0.1) is 11.8 Å². The zero-order valence-electron chi connectivity index (χ0n) is 20.6. The molecule has 0 radical (unpaired) electrons. The van der Waals surface area contributed by atoms with E-state index in [-0.39, 0.29) is 17.5 Å². The van der Waals surface area contributed by atoms with E-state index in [4.69, 9.17) is 4.74 Å². The topological polar surface area (TPSA) is 84.0 Å². The highest BCUT2D eigenvalue weighted by molar-refractivity contribution is 9.10. The van der Waals surface area contributed by atoms with Gasteiger partial charge in [0.2, 0.25) is 11.8 Å². The van der Waals surface area contributed by atoms with Crippen molar-refractivity contribution in [2.45, 2.75) is 19.0 Å². The number of benzene rings is 3. The largest absolute Gasteiger partial charge is 0.496 e. The summed E-state index contributed by atoms with van der Waals surface area (Å²) in [7, 11) is 1.55. The summed E-state index contributed by atoms with van der Waals surface area (Å²) in [6.45, 7) is 1.46. The first kappa shape index (κ1) is 24.3. The molecule has 0 bridgehead atoms. The molecule has 0 saturated carbocycles. The van der Waals surface area contributed by atoms with Crippen LogP contribution in [-0.2, 0) is 9.59 Å². The first-order valence-electron chi connectivity index (χ1n) is 12.2. The molecule has 3 aliphatic heterocycles. The van der Waals surface area contributed by atoms with E-state index in [9.17, 15) is 19.2 Å². The summed E-state index contributed by atoms with van der Waals surface area (Å²) in [6.07, 6.45) is 3.87. The number of hydrogen-bond donors (Lipinski definition) is 0. The molecule has 3 aromatic rings. The van der Waals surface area contributed by atoms with Crippen LogP contribution >= 0.6 is 15.9 Å². The average molecular weight is 571 g/mol. The monoisotopic (exact) mass is 570 g/mol. The SMILES string of the molecule is COc1ccc(C(=O)C2C3C(=O)N(c4ccc(C(C)=O)cc4)C(=O)C3C3C=Cc4ccccc4N32)cc1Br. The summed E-state index contributed by atoms with van der Waals surface area (Å²) in [5.74, 6) is -2.12. The highest BCUT2D eigenvalue weighted by atomic mass is 79.9. The van der Waals surface area contributed by atoms with E-state index in [1.165, 1.54) is 11.8 Å². The number of halogens is 1. The molecule has 8 heteroatoms. The van der Waals surface area contributed by atoms with Gasteiger partial charge in [0.05, 0.1) is 35.1 Å². The minimum absolute atomic E-state index is 0.106. The van der Waals surface area contributed by atoms with Crippen LogP contribution in [0.3, 0.4) is 0 Å². The molecule has 0 N–H and O–H groups in total. The first-order valence-corrected chi connectivity index (χ1v) is 13.0. The molecule has 4 atom stereocenters. The number of rotatable bonds is 5. The molecular formula is C30H23BrN2O5. The van der Waals surface area contributed by atoms with Gasteiger partial charge in [0.25, 0.3) is 0 Å². The number of carbonyl (C=O) groups excluding carboxylic acids is 4. The number of nitrogens with zero attached hydrogens (tertiary/aromatic N) is 2.